The third kappa shape index (κ3) is 1.89. The quantitative estimate of drug-likeness (QED) is 0.895. The monoisotopic (exact) mass is 253 g/mol. The number of hydrogen-bond acceptors (Lipinski definition) is 3. The summed E-state index contributed by atoms with van der Waals surface area (Å²) in [4.78, 5) is 7.35. The van der Waals surface area contributed by atoms with Crippen LogP contribution in [0.3, 0.4) is 0 Å². The van der Waals surface area contributed by atoms with Gasteiger partial charge in [-0.15, -0.1) is 0 Å². The van der Waals surface area contributed by atoms with Crippen LogP contribution in [-0.2, 0) is 6.54 Å². The van der Waals surface area contributed by atoms with Crippen LogP contribution in [0.1, 0.15) is 25.0 Å². The van der Waals surface area contributed by atoms with Crippen LogP contribution in [0.25, 0.3) is 10.9 Å². The Hall–Kier alpha value is -1.61. The van der Waals surface area contributed by atoms with E-state index in [0.29, 0.717) is 0 Å². The van der Waals surface area contributed by atoms with Gasteiger partial charge in [0.25, 0.3) is 0 Å². The SMILES string of the molecule is Nc1cc(CN2CC3CCC2C3)nc2ccccc12. The molecule has 1 aromatic heterocycles. The summed E-state index contributed by atoms with van der Waals surface area (Å²) in [6, 6.07) is 11.0. The number of likely N-dealkylation sites (tertiary alicyclic amines) is 1. The Labute approximate surface area is 113 Å². The van der Waals surface area contributed by atoms with E-state index in [4.69, 9.17) is 10.7 Å². The normalized spacial score (nSPS) is 26.3. The number of nitrogens with two attached hydrogens (primary N) is 1. The molecule has 3 nitrogen and oxygen atoms in total. The smallest absolute Gasteiger partial charge is 0.0726 e. The highest BCUT2D eigenvalue weighted by Gasteiger charge is 2.37. The van der Waals surface area contributed by atoms with Crippen molar-refractivity contribution in [3.8, 4) is 0 Å². The Morgan fingerprint density at radius 1 is 1.26 bits per heavy atom. The molecule has 1 saturated carbocycles. The highest BCUT2D eigenvalue weighted by molar-refractivity contribution is 5.90. The fourth-order valence-corrected chi connectivity index (χ4v) is 3.77. The average molecular weight is 253 g/mol. The van der Waals surface area contributed by atoms with Crippen molar-refractivity contribution in [1.29, 1.82) is 0 Å². The molecule has 2 heterocycles. The molecule has 98 valence electrons. The van der Waals surface area contributed by atoms with Crippen LogP contribution in [0.2, 0.25) is 0 Å². The van der Waals surface area contributed by atoms with Crippen molar-refractivity contribution >= 4 is 16.6 Å². The summed E-state index contributed by atoms with van der Waals surface area (Å²) in [6.45, 7) is 2.20. The van der Waals surface area contributed by atoms with Crippen LogP contribution >= 0.6 is 0 Å². The maximum Gasteiger partial charge on any atom is 0.0726 e. The van der Waals surface area contributed by atoms with Crippen LogP contribution in [-0.4, -0.2) is 22.5 Å². The second kappa shape index (κ2) is 4.20. The van der Waals surface area contributed by atoms with Gasteiger partial charge in [-0.3, -0.25) is 9.88 Å². The number of pyridine rings is 1. The van der Waals surface area contributed by atoms with Gasteiger partial charge in [-0.1, -0.05) is 18.2 Å². The lowest BCUT2D eigenvalue weighted by Gasteiger charge is -2.26. The molecule has 1 aromatic carbocycles. The predicted octanol–water partition coefficient (Wildman–Crippen LogP) is 2.80. The Bertz CT molecular complexity index is 622. The second-order valence-corrected chi connectivity index (χ2v) is 5.98. The Morgan fingerprint density at radius 3 is 2.95 bits per heavy atom. The van der Waals surface area contributed by atoms with E-state index in [-0.39, 0.29) is 0 Å². The molecule has 0 amide bonds. The molecular weight excluding hydrogens is 234 g/mol. The van der Waals surface area contributed by atoms with Crippen molar-refractivity contribution < 1.29 is 0 Å². The number of aromatic nitrogens is 1. The highest BCUT2D eigenvalue weighted by Crippen LogP contribution is 2.38. The number of fused-ring (bicyclic) bond motifs is 3. The summed E-state index contributed by atoms with van der Waals surface area (Å²) >= 11 is 0. The lowest BCUT2D eigenvalue weighted by molar-refractivity contribution is 0.203. The minimum absolute atomic E-state index is 0.791. The van der Waals surface area contributed by atoms with E-state index in [0.717, 1.165) is 40.8 Å². The van der Waals surface area contributed by atoms with Crippen LogP contribution in [0.15, 0.2) is 30.3 Å². The minimum Gasteiger partial charge on any atom is -0.398 e. The zero-order valence-corrected chi connectivity index (χ0v) is 11.0. The molecule has 4 rings (SSSR count). The van der Waals surface area contributed by atoms with Gasteiger partial charge in [0.1, 0.15) is 0 Å². The summed E-state index contributed by atoms with van der Waals surface area (Å²) in [7, 11) is 0. The van der Waals surface area contributed by atoms with Gasteiger partial charge in [-0.25, -0.2) is 0 Å². The fraction of sp³-hybridized carbons (Fsp3) is 0.438. The molecule has 2 fully saturated rings. The highest BCUT2D eigenvalue weighted by atomic mass is 15.2. The van der Waals surface area contributed by atoms with Crippen molar-refractivity contribution in [2.45, 2.75) is 31.8 Å². The second-order valence-electron chi connectivity index (χ2n) is 5.98. The maximum absolute atomic E-state index is 6.15. The molecule has 1 aliphatic carbocycles. The molecule has 2 aliphatic rings. The molecule has 2 bridgehead atoms. The van der Waals surface area contributed by atoms with Crippen LogP contribution in [0.4, 0.5) is 5.69 Å². The van der Waals surface area contributed by atoms with Gasteiger partial charge in [0.15, 0.2) is 0 Å². The summed E-state index contributed by atoms with van der Waals surface area (Å²) in [6.07, 6.45) is 4.19. The molecular formula is C16H19N3. The maximum atomic E-state index is 6.15. The van der Waals surface area contributed by atoms with Gasteiger partial charge >= 0.3 is 0 Å². The van der Waals surface area contributed by atoms with E-state index in [2.05, 4.69) is 4.90 Å². The number of anilines is 1. The van der Waals surface area contributed by atoms with Gasteiger partial charge in [0.05, 0.1) is 11.2 Å². The van der Waals surface area contributed by atoms with E-state index < -0.39 is 0 Å². The van der Waals surface area contributed by atoms with Crippen molar-refractivity contribution in [2.24, 2.45) is 5.92 Å². The first kappa shape index (κ1) is 11.2. The first-order valence-corrected chi connectivity index (χ1v) is 7.18. The summed E-state index contributed by atoms with van der Waals surface area (Å²) in [5, 5.41) is 1.06. The van der Waals surface area contributed by atoms with Crippen molar-refractivity contribution in [1.82, 2.24) is 9.88 Å². The third-order valence-corrected chi connectivity index (χ3v) is 4.69. The van der Waals surface area contributed by atoms with E-state index in [1.165, 1.54) is 25.8 Å². The number of rotatable bonds is 2. The number of hydrogen-bond donors (Lipinski definition) is 1. The molecule has 3 heteroatoms. The molecule has 0 spiro atoms. The van der Waals surface area contributed by atoms with Gasteiger partial charge < -0.3 is 5.73 Å². The molecule has 2 N–H and O–H groups in total. The molecule has 0 radical (unpaired) electrons. The van der Waals surface area contributed by atoms with Crippen molar-refractivity contribution in [3.63, 3.8) is 0 Å². The Kier molecular flexibility index (Phi) is 2.49. The lowest BCUT2D eigenvalue weighted by atomic mass is 10.1. The molecule has 2 unspecified atom stereocenters. The number of nitrogens with zero attached hydrogens (tertiary/aromatic N) is 2. The van der Waals surface area contributed by atoms with Crippen LogP contribution < -0.4 is 5.73 Å². The molecule has 1 aliphatic heterocycles. The number of benzene rings is 1. The van der Waals surface area contributed by atoms with Gasteiger partial charge in [-0.05, 0) is 37.3 Å². The largest absolute Gasteiger partial charge is 0.398 e. The van der Waals surface area contributed by atoms with Gasteiger partial charge in [-0.2, -0.15) is 0 Å². The van der Waals surface area contributed by atoms with E-state index in [1.54, 1.807) is 0 Å². The van der Waals surface area contributed by atoms with Gasteiger partial charge in [0.2, 0.25) is 0 Å². The third-order valence-electron chi connectivity index (χ3n) is 4.69. The molecule has 2 aromatic rings. The van der Waals surface area contributed by atoms with Crippen molar-refractivity contribution in [2.75, 3.05) is 12.3 Å². The summed E-state index contributed by atoms with van der Waals surface area (Å²) < 4.78 is 0. The molecule has 1 saturated heterocycles. The van der Waals surface area contributed by atoms with Crippen LogP contribution in [0.5, 0.6) is 0 Å². The summed E-state index contributed by atoms with van der Waals surface area (Å²) in [5.41, 5.74) is 9.13. The average Bonchev–Trinajstić information content (AvgIpc) is 3.01. The Balaban J connectivity index is 1.64. The topological polar surface area (TPSA) is 42.1 Å². The predicted molar refractivity (Wildman–Crippen MR) is 77.7 cm³/mol. The first-order chi connectivity index (χ1) is 9.29. The molecule has 19 heavy (non-hydrogen) atoms. The minimum atomic E-state index is 0.791. The lowest BCUT2D eigenvalue weighted by Crippen LogP contribution is -2.31. The standard InChI is InChI=1S/C16H19N3/c17-15-8-12(18-16-4-2-1-3-14(15)16)10-19-9-11-5-6-13(19)7-11/h1-4,8,11,13H,5-7,9-10H2,(H2,17,18). The number of para-hydroxylation sites is 1. The van der Waals surface area contributed by atoms with Gasteiger partial charge in [0, 0.05) is 30.2 Å². The fourth-order valence-electron chi connectivity index (χ4n) is 3.77. The van der Waals surface area contributed by atoms with E-state index in [9.17, 15) is 0 Å². The Morgan fingerprint density at radius 2 is 2.16 bits per heavy atom. The van der Waals surface area contributed by atoms with Crippen molar-refractivity contribution in [3.05, 3.63) is 36.0 Å². The first-order valence-electron chi connectivity index (χ1n) is 7.18. The van der Waals surface area contributed by atoms with E-state index >= 15 is 0 Å². The number of nitrogen functional groups attached to an aromatic ring is 1. The number of piperidine rings is 1. The zero-order chi connectivity index (χ0) is 12.8. The van der Waals surface area contributed by atoms with Crippen LogP contribution in [0, 0.1) is 5.92 Å². The molecule has 2 atom stereocenters. The summed E-state index contributed by atoms with van der Waals surface area (Å²) in [5.74, 6) is 0.933. The zero-order valence-electron chi connectivity index (χ0n) is 11.0. The van der Waals surface area contributed by atoms with E-state index in [1.807, 2.05) is 30.3 Å².